The molecule has 48 heavy (non-hydrogen) atoms. The lowest BCUT2D eigenvalue weighted by Crippen LogP contribution is -2.31. The molecule has 0 atom stereocenters. The van der Waals surface area contributed by atoms with Crippen molar-refractivity contribution >= 4 is 60.8 Å². The maximum Gasteiger partial charge on any atom is 0.0236 e. The van der Waals surface area contributed by atoms with Gasteiger partial charge in [0.05, 0.1) is 0 Å². The zero-order valence-electron chi connectivity index (χ0n) is 26.7. The first kappa shape index (κ1) is 28.8. The molecule has 0 unspecified atom stereocenters. The summed E-state index contributed by atoms with van der Waals surface area (Å²) in [5.74, 6) is 0. The van der Waals surface area contributed by atoms with E-state index in [1.807, 2.05) is 11.8 Å². The summed E-state index contributed by atoms with van der Waals surface area (Å²) in [5.41, 5.74) is 10.5. The monoisotopic (exact) mass is 630 g/mol. The number of hydrogen-bond acceptors (Lipinski definition) is 1. The van der Waals surface area contributed by atoms with Gasteiger partial charge in [-0.05, 0) is 102 Å². The van der Waals surface area contributed by atoms with Crippen LogP contribution < -0.4 is 10.4 Å². The highest BCUT2D eigenvalue weighted by Crippen LogP contribution is 2.49. The lowest BCUT2D eigenvalue weighted by Gasteiger charge is -2.22. The molecule has 0 N–H and O–H groups in total. The van der Waals surface area contributed by atoms with E-state index in [1.165, 1.54) is 86.3 Å². The molecule has 7 aromatic rings. The first-order valence-electron chi connectivity index (χ1n) is 16.9. The third kappa shape index (κ3) is 5.03. The molecule has 0 fully saturated rings. The molecule has 2 aliphatic rings. The number of benzene rings is 7. The van der Waals surface area contributed by atoms with Gasteiger partial charge in [0.25, 0.3) is 0 Å². The molecule has 1 aliphatic heterocycles. The van der Waals surface area contributed by atoms with Crippen molar-refractivity contribution in [3.05, 3.63) is 185 Å². The summed E-state index contributed by atoms with van der Waals surface area (Å²) in [7, 11) is 0. The van der Waals surface area contributed by atoms with Crippen LogP contribution in [0.3, 0.4) is 0 Å². The van der Waals surface area contributed by atoms with Crippen LogP contribution in [0.15, 0.2) is 158 Å². The molecule has 1 heterocycles. The zero-order chi connectivity index (χ0) is 31.9. The van der Waals surface area contributed by atoms with Gasteiger partial charge in [0, 0.05) is 9.81 Å². The van der Waals surface area contributed by atoms with Crippen molar-refractivity contribution in [2.45, 2.75) is 19.3 Å². The summed E-state index contributed by atoms with van der Waals surface area (Å²) in [6.45, 7) is 0. The molecule has 9 rings (SSSR count). The van der Waals surface area contributed by atoms with Crippen LogP contribution in [-0.4, -0.2) is 0 Å². The molecule has 0 radical (unpaired) electrons. The lowest BCUT2D eigenvalue weighted by atomic mass is 9.85. The Morgan fingerprint density at radius 2 is 0.979 bits per heavy atom. The Kier molecular flexibility index (Phi) is 7.41. The van der Waals surface area contributed by atoms with Crippen molar-refractivity contribution in [1.29, 1.82) is 0 Å². The summed E-state index contributed by atoms with van der Waals surface area (Å²) in [6, 6.07) is 55.6. The Labute approximate surface area is 286 Å². The van der Waals surface area contributed by atoms with Gasteiger partial charge in [-0.1, -0.05) is 176 Å². The van der Waals surface area contributed by atoms with Crippen LogP contribution in [0.1, 0.15) is 36.0 Å². The molecule has 0 nitrogen and oxygen atoms in total. The van der Waals surface area contributed by atoms with E-state index in [0.29, 0.717) is 0 Å². The molecule has 0 saturated carbocycles. The quantitative estimate of drug-likeness (QED) is 0.182. The molecule has 228 valence electrons. The Hall–Kier alpha value is -5.37. The van der Waals surface area contributed by atoms with Crippen LogP contribution in [0.4, 0.5) is 0 Å². The second-order valence-corrected chi connectivity index (χ2v) is 13.7. The molecule has 0 bridgehead atoms. The van der Waals surface area contributed by atoms with E-state index in [0.717, 1.165) is 19.3 Å². The second kappa shape index (κ2) is 12.3. The van der Waals surface area contributed by atoms with Crippen molar-refractivity contribution in [1.82, 2.24) is 0 Å². The summed E-state index contributed by atoms with van der Waals surface area (Å²) in [6.07, 6.45) is 10.4. The van der Waals surface area contributed by atoms with Crippen molar-refractivity contribution in [3.8, 4) is 22.3 Å². The summed E-state index contributed by atoms with van der Waals surface area (Å²) in [4.78, 5) is 2.66. The molecule has 0 spiro atoms. The highest BCUT2D eigenvalue weighted by molar-refractivity contribution is 8.16. The average molecular weight is 631 g/mol. The van der Waals surface area contributed by atoms with Crippen LogP contribution in [0.5, 0.6) is 0 Å². The van der Waals surface area contributed by atoms with E-state index in [-0.39, 0.29) is 0 Å². The van der Waals surface area contributed by atoms with Crippen molar-refractivity contribution in [2.75, 3.05) is 0 Å². The van der Waals surface area contributed by atoms with Gasteiger partial charge in [0.1, 0.15) is 0 Å². The number of allylic oxidation sites excluding steroid dienone is 2. The topological polar surface area (TPSA) is 0 Å². The summed E-state index contributed by atoms with van der Waals surface area (Å²) in [5, 5.41) is 7.93. The molecule has 0 aromatic heterocycles. The maximum atomic E-state index is 2.48. The van der Waals surface area contributed by atoms with E-state index in [2.05, 4.69) is 170 Å². The van der Waals surface area contributed by atoms with Gasteiger partial charge >= 0.3 is 0 Å². The Morgan fingerprint density at radius 3 is 1.75 bits per heavy atom. The van der Waals surface area contributed by atoms with Crippen molar-refractivity contribution < 1.29 is 0 Å². The largest absolute Gasteiger partial charge is 0.0888 e. The fraction of sp³-hybridized carbons (Fsp3) is 0.0638. The van der Waals surface area contributed by atoms with E-state index in [1.54, 1.807) is 0 Å². The highest BCUT2D eigenvalue weighted by atomic mass is 32.2. The normalized spacial score (nSPS) is 14.3. The van der Waals surface area contributed by atoms with Crippen LogP contribution in [-0.2, 0) is 0 Å². The number of hydrogen-bond donors (Lipinski definition) is 0. The van der Waals surface area contributed by atoms with E-state index < -0.39 is 0 Å². The van der Waals surface area contributed by atoms with Gasteiger partial charge in [-0.15, -0.1) is 0 Å². The van der Waals surface area contributed by atoms with E-state index in [4.69, 9.17) is 0 Å². The minimum atomic E-state index is 0.904. The highest BCUT2D eigenvalue weighted by Gasteiger charge is 2.21. The minimum absolute atomic E-state index is 0.904. The lowest BCUT2D eigenvalue weighted by molar-refractivity contribution is 1.12. The fourth-order valence-corrected chi connectivity index (χ4v) is 8.83. The first-order chi connectivity index (χ1) is 23.8. The number of thioether (sulfide) groups is 1. The van der Waals surface area contributed by atoms with Crippen LogP contribution in [0, 0.1) is 0 Å². The van der Waals surface area contributed by atoms with Gasteiger partial charge in [-0.3, -0.25) is 0 Å². The SMILES string of the molecule is C1=C(c2cccc(-c3c4c(c(-c5cccc6ccccc56)c5ccccc35)=CCCC=4)c2)SC(c2ccccc2)=C(c2ccccc2)C1. The van der Waals surface area contributed by atoms with Gasteiger partial charge in [-0.2, -0.15) is 0 Å². The number of rotatable bonds is 5. The molecule has 1 aliphatic carbocycles. The van der Waals surface area contributed by atoms with Gasteiger partial charge in [0.2, 0.25) is 0 Å². The van der Waals surface area contributed by atoms with Crippen LogP contribution >= 0.6 is 11.8 Å². The predicted octanol–water partition coefficient (Wildman–Crippen LogP) is 11.7. The third-order valence-corrected chi connectivity index (χ3v) is 11.1. The van der Waals surface area contributed by atoms with Gasteiger partial charge in [0.15, 0.2) is 0 Å². The summed E-state index contributed by atoms with van der Waals surface area (Å²) >= 11 is 1.90. The Bertz CT molecular complexity index is 2530. The van der Waals surface area contributed by atoms with Crippen LogP contribution in [0.25, 0.3) is 71.3 Å². The molecular formula is C47H34S. The minimum Gasteiger partial charge on any atom is -0.0888 e. The average Bonchev–Trinajstić information content (AvgIpc) is 3.17. The fourth-order valence-electron chi connectivity index (χ4n) is 7.62. The first-order valence-corrected chi connectivity index (χ1v) is 17.7. The smallest absolute Gasteiger partial charge is 0.0236 e. The summed E-state index contributed by atoms with van der Waals surface area (Å²) < 4.78 is 0. The number of fused-ring (bicyclic) bond motifs is 3. The Morgan fingerprint density at radius 1 is 0.417 bits per heavy atom. The molecule has 1 heteroatoms. The van der Waals surface area contributed by atoms with E-state index >= 15 is 0 Å². The predicted molar refractivity (Wildman–Crippen MR) is 210 cm³/mol. The Balaban J connectivity index is 1.21. The molecular weight excluding hydrogens is 597 g/mol. The van der Waals surface area contributed by atoms with Crippen molar-refractivity contribution in [2.24, 2.45) is 0 Å². The second-order valence-electron chi connectivity index (χ2n) is 12.6. The molecule has 0 amide bonds. The van der Waals surface area contributed by atoms with Gasteiger partial charge < -0.3 is 0 Å². The standard InChI is InChI=1S/C47H34S/c1-3-15-33(16-4-1)38-29-30-44(48-47(38)34-18-5-2-6-19-34)35-21-13-22-36(31-35)45-40-24-9-11-26-42(40)46(43-27-12-10-25-41(43)45)39-28-14-20-32-17-7-8-23-37(32)39/h1-9,11,13-28,30-31H,10,12,29H2. The molecule has 0 saturated heterocycles. The van der Waals surface area contributed by atoms with E-state index in [9.17, 15) is 0 Å². The maximum absolute atomic E-state index is 2.48. The van der Waals surface area contributed by atoms with Crippen molar-refractivity contribution in [3.63, 3.8) is 0 Å². The zero-order valence-corrected chi connectivity index (χ0v) is 27.5. The third-order valence-electron chi connectivity index (χ3n) is 9.79. The van der Waals surface area contributed by atoms with Crippen LogP contribution in [0.2, 0.25) is 0 Å². The molecule has 7 aromatic carbocycles. The van der Waals surface area contributed by atoms with Gasteiger partial charge in [-0.25, -0.2) is 0 Å².